The van der Waals surface area contributed by atoms with Crippen LogP contribution in [0.5, 0.6) is 0 Å². The lowest BCUT2D eigenvalue weighted by atomic mass is 11.0. The van der Waals surface area contributed by atoms with Gasteiger partial charge in [-0.25, -0.2) is 0 Å². The Hall–Kier alpha value is 0.177. The Morgan fingerprint density at radius 3 is 1.00 bits per heavy atom. The van der Waals surface area contributed by atoms with Crippen LogP contribution in [0.1, 0.15) is 7.43 Å². The molecule has 0 radical (unpaired) electrons. The molecule has 0 aromatic carbocycles. The summed E-state index contributed by atoms with van der Waals surface area (Å²) in [6, 6.07) is 0. The summed E-state index contributed by atoms with van der Waals surface area (Å²) in [5.41, 5.74) is 0. The maximum absolute atomic E-state index is 2.00. The standard InChI is InChI=1S/C3H9N.CH4.H4Si/c1-4(2)3;;/h1-3H3;2*1H4. The molecule has 0 saturated carbocycles. The van der Waals surface area contributed by atoms with Crippen molar-refractivity contribution in [2.24, 2.45) is 0 Å². The van der Waals surface area contributed by atoms with Crippen molar-refractivity contribution >= 4 is 11.0 Å². The largest absolute Gasteiger partial charge is 0.312 e. The van der Waals surface area contributed by atoms with E-state index in [1.54, 1.807) is 0 Å². The third-order valence-corrected chi connectivity index (χ3v) is 0. The molecule has 0 saturated heterocycles. The van der Waals surface area contributed by atoms with Crippen LogP contribution in [0.15, 0.2) is 0 Å². The van der Waals surface area contributed by atoms with Crippen LogP contribution in [0.2, 0.25) is 0 Å². The van der Waals surface area contributed by atoms with Gasteiger partial charge in [-0.3, -0.25) is 0 Å². The lowest BCUT2D eigenvalue weighted by Crippen LogP contribution is -1.99. The van der Waals surface area contributed by atoms with E-state index in [2.05, 4.69) is 0 Å². The van der Waals surface area contributed by atoms with E-state index in [1.807, 2.05) is 26.0 Å². The SMILES string of the molecule is C.CN(C)C.[SiH4]. The summed E-state index contributed by atoms with van der Waals surface area (Å²) in [7, 11) is 6.00. The second-order valence-corrected chi connectivity index (χ2v) is 1.34. The predicted molar refractivity (Wildman–Crippen MR) is 37.7 cm³/mol. The van der Waals surface area contributed by atoms with Crippen LogP contribution in [0, 0.1) is 0 Å². The summed E-state index contributed by atoms with van der Waals surface area (Å²) in [6.45, 7) is 0. The maximum Gasteiger partial charge on any atom is -0.0140 e. The van der Waals surface area contributed by atoms with Crippen LogP contribution >= 0.6 is 0 Å². The lowest BCUT2D eigenvalue weighted by Gasteiger charge is -1.90. The lowest BCUT2D eigenvalue weighted by molar-refractivity contribution is 0.505. The van der Waals surface area contributed by atoms with Crippen LogP contribution < -0.4 is 0 Å². The van der Waals surface area contributed by atoms with Crippen molar-refractivity contribution in [1.29, 1.82) is 0 Å². The van der Waals surface area contributed by atoms with Gasteiger partial charge < -0.3 is 4.90 Å². The Morgan fingerprint density at radius 2 is 1.00 bits per heavy atom. The summed E-state index contributed by atoms with van der Waals surface area (Å²) in [4.78, 5) is 2.00. The molecule has 0 atom stereocenters. The molecular weight excluding hydrogens is 90.1 g/mol. The summed E-state index contributed by atoms with van der Waals surface area (Å²) >= 11 is 0. The summed E-state index contributed by atoms with van der Waals surface area (Å²) < 4.78 is 0. The van der Waals surface area contributed by atoms with Crippen molar-refractivity contribution in [3.8, 4) is 0 Å². The fourth-order valence-corrected chi connectivity index (χ4v) is 0. The molecule has 0 heterocycles. The van der Waals surface area contributed by atoms with Gasteiger partial charge in [0, 0.05) is 0 Å². The second kappa shape index (κ2) is 8.95. The summed E-state index contributed by atoms with van der Waals surface area (Å²) in [5, 5.41) is 0. The van der Waals surface area contributed by atoms with E-state index in [9.17, 15) is 0 Å². The highest BCUT2D eigenvalue weighted by molar-refractivity contribution is 5.75. The van der Waals surface area contributed by atoms with Gasteiger partial charge in [0.25, 0.3) is 0 Å². The van der Waals surface area contributed by atoms with E-state index >= 15 is 0 Å². The number of hydrogen-bond acceptors (Lipinski definition) is 1. The molecule has 2 heteroatoms. The van der Waals surface area contributed by atoms with Gasteiger partial charge in [0.2, 0.25) is 0 Å². The van der Waals surface area contributed by atoms with Gasteiger partial charge in [0.1, 0.15) is 0 Å². The molecule has 0 aliphatic rings. The average molecular weight is 107 g/mol. The van der Waals surface area contributed by atoms with E-state index in [1.165, 1.54) is 0 Å². The fourth-order valence-electron chi connectivity index (χ4n) is 0. The van der Waals surface area contributed by atoms with Gasteiger partial charge in [-0.15, -0.1) is 0 Å². The molecule has 0 aromatic heterocycles. The van der Waals surface area contributed by atoms with Crippen LogP contribution in [-0.2, 0) is 0 Å². The molecule has 0 bridgehead atoms. The molecule has 42 valence electrons. The first kappa shape index (κ1) is 16.4. The van der Waals surface area contributed by atoms with Gasteiger partial charge in [0.15, 0.2) is 0 Å². The van der Waals surface area contributed by atoms with Crippen LogP contribution in [0.25, 0.3) is 0 Å². The highest BCUT2D eigenvalue weighted by Crippen LogP contribution is 1.47. The van der Waals surface area contributed by atoms with Gasteiger partial charge in [0.05, 0.1) is 0 Å². The monoisotopic (exact) mass is 107 g/mol. The molecule has 0 aromatic rings. The van der Waals surface area contributed by atoms with E-state index in [4.69, 9.17) is 0 Å². The highest BCUT2D eigenvalue weighted by Gasteiger charge is 1.58. The molecule has 6 heavy (non-hydrogen) atoms. The first-order chi connectivity index (χ1) is 1.73. The molecule has 0 N–H and O–H groups in total. The normalized spacial score (nSPS) is 6.00. The first-order valence-electron chi connectivity index (χ1n) is 1.34. The second-order valence-electron chi connectivity index (χ2n) is 1.34. The van der Waals surface area contributed by atoms with Crippen LogP contribution in [-0.4, -0.2) is 37.0 Å². The van der Waals surface area contributed by atoms with Gasteiger partial charge in [-0.1, -0.05) is 7.43 Å². The van der Waals surface area contributed by atoms with E-state index in [0.29, 0.717) is 0 Å². The Bertz CT molecular complexity index is 12.3. The zero-order chi connectivity index (χ0) is 3.58. The number of hydrogen-bond donors (Lipinski definition) is 0. The van der Waals surface area contributed by atoms with Crippen molar-refractivity contribution in [3.05, 3.63) is 0 Å². The molecule has 0 fully saturated rings. The molecule has 0 amide bonds. The highest BCUT2D eigenvalue weighted by atomic mass is 28.1. The Balaban J connectivity index is -0.0000000450. The van der Waals surface area contributed by atoms with E-state index < -0.39 is 0 Å². The molecule has 0 unspecified atom stereocenters. The molecule has 0 spiro atoms. The maximum atomic E-state index is 2.00. The van der Waals surface area contributed by atoms with Crippen LogP contribution in [0.4, 0.5) is 0 Å². The third kappa shape index (κ3) is 1350. The van der Waals surface area contributed by atoms with Gasteiger partial charge in [-0.2, -0.15) is 0 Å². The molecule has 1 nitrogen and oxygen atoms in total. The summed E-state index contributed by atoms with van der Waals surface area (Å²) in [6.07, 6.45) is 0. The minimum atomic E-state index is 0. The Labute approximate surface area is 45.4 Å². The molecular formula is C4H17NSi. The minimum absolute atomic E-state index is 0. The van der Waals surface area contributed by atoms with Crippen LogP contribution in [0.3, 0.4) is 0 Å². The third-order valence-electron chi connectivity index (χ3n) is 0. The Morgan fingerprint density at radius 1 is 1.00 bits per heavy atom. The van der Waals surface area contributed by atoms with Crippen molar-refractivity contribution < 1.29 is 0 Å². The van der Waals surface area contributed by atoms with Crippen molar-refractivity contribution in [1.82, 2.24) is 4.90 Å². The number of rotatable bonds is 0. The minimum Gasteiger partial charge on any atom is -0.312 e. The van der Waals surface area contributed by atoms with E-state index in [-0.39, 0.29) is 18.4 Å². The smallest absolute Gasteiger partial charge is 0.0140 e. The Kier molecular flexibility index (Phi) is 24.5. The first-order valence-corrected chi connectivity index (χ1v) is 1.34. The summed E-state index contributed by atoms with van der Waals surface area (Å²) in [5.74, 6) is 0. The molecule has 0 aliphatic carbocycles. The topological polar surface area (TPSA) is 3.24 Å². The van der Waals surface area contributed by atoms with Crippen molar-refractivity contribution in [2.45, 2.75) is 7.43 Å². The zero-order valence-electron chi connectivity index (χ0n) is 3.45. The van der Waals surface area contributed by atoms with Gasteiger partial charge in [-0.05, 0) is 32.1 Å². The zero-order valence-corrected chi connectivity index (χ0v) is 3.45. The predicted octanol–water partition coefficient (Wildman–Crippen LogP) is -0.638. The van der Waals surface area contributed by atoms with Crippen molar-refractivity contribution in [2.75, 3.05) is 21.1 Å². The van der Waals surface area contributed by atoms with Gasteiger partial charge >= 0.3 is 0 Å². The molecule has 0 aliphatic heterocycles. The fraction of sp³-hybridized carbons (Fsp3) is 1.00. The average Bonchev–Trinajstić information content (AvgIpc) is 0.811. The number of nitrogens with zero attached hydrogens (tertiary/aromatic N) is 1. The van der Waals surface area contributed by atoms with E-state index in [0.717, 1.165) is 0 Å². The quantitative estimate of drug-likeness (QED) is 0.372. The molecule has 0 rings (SSSR count). The van der Waals surface area contributed by atoms with Crippen molar-refractivity contribution in [3.63, 3.8) is 0 Å².